The van der Waals surface area contributed by atoms with Crippen molar-refractivity contribution < 1.29 is 19.1 Å². The third-order valence-electron chi connectivity index (χ3n) is 2.95. The van der Waals surface area contributed by atoms with Crippen molar-refractivity contribution in [1.82, 2.24) is 4.98 Å². The predicted octanol–water partition coefficient (Wildman–Crippen LogP) is 2.80. The first-order valence-electron chi connectivity index (χ1n) is 5.99. The maximum atomic E-state index is 11.0. The number of oxazole rings is 1. The summed E-state index contributed by atoms with van der Waals surface area (Å²) >= 11 is 0. The third-order valence-corrected chi connectivity index (χ3v) is 2.95. The Morgan fingerprint density at radius 2 is 2.33 bits per heavy atom. The zero-order chi connectivity index (χ0) is 12.7. The lowest BCUT2D eigenvalue weighted by Crippen LogP contribution is -1.99. The van der Waals surface area contributed by atoms with Crippen molar-refractivity contribution in [3.05, 3.63) is 23.6 Å². The van der Waals surface area contributed by atoms with Crippen LogP contribution in [0.2, 0.25) is 0 Å². The highest BCUT2D eigenvalue weighted by Gasteiger charge is 2.29. The quantitative estimate of drug-likeness (QED) is 0.899. The predicted molar refractivity (Wildman–Crippen MR) is 64.1 cm³/mol. The van der Waals surface area contributed by atoms with Gasteiger partial charge in [-0.15, -0.1) is 0 Å². The van der Waals surface area contributed by atoms with E-state index in [1.54, 1.807) is 0 Å². The first-order valence-corrected chi connectivity index (χ1v) is 5.99. The minimum atomic E-state index is -0.992. The smallest absolute Gasteiger partial charge is 0.335 e. The van der Waals surface area contributed by atoms with Gasteiger partial charge in [0.15, 0.2) is 17.2 Å². The summed E-state index contributed by atoms with van der Waals surface area (Å²) in [5, 5.41) is 9.05. The van der Waals surface area contributed by atoms with Crippen LogP contribution in [0.4, 0.5) is 0 Å². The third kappa shape index (κ3) is 1.81. The van der Waals surface area contributed by atoms with Crippen LogP contribution in [0.1, 0.15) is 41.9 Å². The average molecular weight is 247 g/mol. The summed E-state index contributed by atoms with van der Waals surface area (Å²) in [6.07, 6.45) is 2.17. The molecule has 3 rings (SSSR count). The summed E-state index contributed by atoms with van der Waals surface area (Å²) in [6.45, 7) is 2.30. The number of rotatable bonds is 4. The van der Waals surface area contributed by atoms with E-state index in [1.165, 1.54) is 12.1 Å². The molecule has 5 heteroatoms. The summed E-state index contributed by atoms with van der Waals surface area (Å²) in [4.78, 5) is 15.4. The molecule has 94 valence electrons. The van der Waals surface area contributed by atoms with Crippen molar-refractivity contribution in [3.8, 4) is 5.75 Å². The lowest BCUT2D eigenvalue weighted by molar-refractivity contribution is 0.0696. The molecule has 1 aromatic carbocycles. The summed E-state index contributed by atoms with van der Waals surface area (Å²) in [7, 11) is 0. The maximum Gasteiger partial charge on any atom is 0.335 e. The Balaban J connectivity index is 2.16. The normalized spacial score (nSPS) is 14.9. The molecule has 0 radical (unpaired) electrons. The van der Waals surface area contributed by atoms with Gasteiger partial charge in [0, 0.05) is 5.92 Å². The first-order chi connectivity index (χ1) is 8.69. The number of ether oxygens (including phenoxy) is 1. The minimum absolute atomic E-state index is 0.168. The number of hydrogen-bond donors (Lipinski definition) is 1. The van der Waals surface area contributed by atoms with Crippen molar-refractivity contribution in [3.63, 3.8) is 0 Å². The Hall–Kier alpha value is -2.04. The van der Waals surface area contributed by atoms with Crippen LogP contribution in [0.15, 0.2) is 16.5 Å². The summed E-state index contributed by atoms with van der Waals surface area (Å²) in [5.41, 5.74) is 1.27. The number of carboxylic acids is 1. The van der Waals surface area contributed by atoms with Gasteiger partial charge in [0.2, 0.25) is 0 Å². The molecule has 1 fully saturated rings. The molecule has 1 saturated carbocycles. The van der Waals surface area contributed by atoms with Gasteiger partial charge in [0.05, 0.1) is 12.2 Å². The molecular weight excluding hydrogens is 234 g/mol. The summed E-state index contributed by atoms with van der Waals surface area (Å²) in [5.74, 6) is 0.536. The molecule has 0 unspecified atom stereocenters. The van der Waals surface area contributed by atoms with E-state index in [-0.39, 0.29) is 5.56 Å². The van der Waals surface area contributed by atoms with Crippen molar-refractivity contribution in [1.29, 1.82) is 0 Å². The van der Waals surface area contributed by atoms with Crippen molar-refractivity contribution in [2.24, 2.45) is 0 Å². The zero-order valence-electron chi connectivity index (χ0n) is 9.97. The lowest BCUT2D eigenvalue weighted by atomic mass is 10.2. The molecule has 2 aromatic rings. The van der Waals surface area contributed by atoms with Gasteiger partial charge >= 0.3 is 5.97 Å². The van der Waals surface area contributed by atoms with Crippen LogP contribution in [0, 0.1) is 0 Å². The Morgan fingerprint density at radius 3 is 2.94 bits per heavy atom. The second kappa shape index (κ2) is 4.01. The van der Waals surface area contributed by atoms with Gasteiger partial charge in [0.25, 0.3) is 0 Å². The second-order valence-electron chi connectivity index (χ2n) is 4.39. The standard InChI is InChI=1S/C13H13NO4/c1-2-17-10-6-8(13(15)16)5-9-11(10)18-12(14-9)7-3-4-7/h5-7H,2-4H2,1H3,(H,15,16). The fourth-order valence-corrected chi connectivity index (χ4v) is 1.91. The molecule has 1 heterocycles. The van der Waals surface area contributed by atoms with E-state index in [2.05, 4.69) is 4.98 Å². The maximum absolute atomic E-state index is 11.0. The van der Waals surface area contributed by atoms with Crippen molar-refractivity contribution in [2.45, 2.75) is 25.7 Å². The molecule has 0 spiro atoms. The average Bonchev–Trinajstić information content (AvgIpc) is 3.09. The highest BCUT2D eigenvalue weighted by molar-refractivity contribution is 5.94. The van der Waals surface area contributed by atoms with Gasteiger partial charge in [-0.2, -0.15) is 0 Å². The van der Waals surface area contributed by atoms with Crippen LogP contribution in [0.25, 0.3) is 11.1 Å². The summed E-state index contributed by atoms with van der Waals surface area (Å²) in [6, 6.07) is 3.01. The molecule has 1 aliphatic carbocycles. The largest absolute Gasteiger partial charge is 0.490 e. The number of benzene rings is 1. The number of carboxylic acid groups (broad SMARTS) is 1. The minimum Gasteiger partial charge on any atom is -0.490 e. The van der Waals surface area contributed by atoms with E-state index in [1.807, 2.05) is 6.92 Å². The number of hydrogen-bond acceptors (Lipinski definition) is 4. The van der Waals surface area contributed by atoms with Gasteiger partial charge in [-0.1, -0.05) is 0 Å². The molecule has 1 N–H and O–H groups in total. The first kappa shape index (κ1) is 11.1. The van der Waals surface area contributed by atoms with Crippen LogP contribution in [-0.4, -0.2) is 22.7 Å². The molecule has 1 aromatic heterocycles. The SMILES string of the molecule is CCOc1cc(C(=O)O)cc2nc(C3CC3)oc12. The second-order valence-corrected chi connectivity index (χ2v) is 4.39. The van der Waals surface area contributed by atoms with Gasteiger partial charge in [-0.25, -0.2) is 9.78 Å². The Bertz CT molecular complexity index is 613. The molecule has 5 nitrogen and oxygen atoms in total. The molecule has 0 atom stereocenters. The summed E-state index contributed by atoms with van der Waals surface area (Å²) < 4.78 is 11.1. The highest BCUT2D eigenvalue weighted by Crippen LogP contribution is 2.42. The number of nitrogens with zero attached hydrogens (tertiary/aromatic N) is 1. The molecule has 0 bridgehead atoms. The van der Waals surface area contributed by atoms with Crippen LogP contribution in [0.5, 0.6) is 5.75 Å². The fourth-order valence-electron chi connectivity index (χ4n) is 1.91. The number of aromatic carboxylic acids is 1. The van der Waals surface area contributed by atoms with Crippen LogP contribution in [-0.2, 0) is 0 Å². The molecule has 0 amide bonds. The molecule has 0 saturated heterocycles. The van der Waals surface area contributed by atoms with Crippen molar-refractivity contribution in [2.75, 3.05) is 6.61 Å². The highest BCUT2D eigenvalue weighted by atomic mass is 16.5. The molecule has 0 aliphatic heterocycles. The fraction of sp³-hybridized carbons (Fsp3) is 0.385. The number of carbonyl (C=O) groups is 1. The van der Waals surface area contributed by atoms with E-state index < -0.39 is 5.97 Å². The monoisotopic (exact) mass is 247 g/mol. The van der Waals surface area contributed by atoms with E-state index in [9.17, 15) is 4.79 Å². The number of aromatic nitrogens is 1. The van der Waals surface area contributed by atoms with E-state index >= 15 is 0 Å². The van der Waals surface area contributed by atoms with Gasteiger partial charge in [-0.05, 0) is 31.9 Å². The van der Waals surface area contributed by atoms with Gasteiger partial charge < -0.3 is 14.3 Å². The van der Waals surface area contributed by atoms with Crippen LogP contribution < -0.4 is 4.74 Å². The molecule has 1 aliphatic rings. The van der Waals surface area contributed by atoms with E-state index in [4.69, 9.17) is 14.3 Å². The number of fused-ring (bicyclic) bond motifs is 1. The lowest BCUT2D eigenvalue weighted by Gasteiger charge is -2.04. The zero-order valence-corrected chi connectivity index (χ0v) is 9.97. The Kier molecular flexibility index (Phi) is 2.47. The van der Waals surface area contributed by atoms with E-state index in [0.29, 0.717) is 35.3 Å². The topological polar surface area (TPSA) is 72.6 Å². The van der Waals surface area contributed by atoms with Gasteiger partial charge in [-0.3, -0.25) is 0 Å². The van der Waals surface area contributed by atoms with Gasteiger partial charge in [0.1, 0.15) is 5.52 Å². The van der Waals surface area contributed by atoms with E-state index in [0.717, 1.165) is 12.8 Å². The Labute approximate surface area is 103 Å². The Morgan fingerprint density at radius 1 is 1.56 bits per heavy atom. The molecule has 18 heavy (non-hydrogen) atoms. The molecular formula is C13H13NO4. The van der Waals surface area contributed by atoms with Crippen molar-refractivity contribution >= 4 is 17.1 Å². The van der Waals surface area contributed by atoms with Crippen LogP contribution in [0.3, 0.4) is 0 Å². The van der Waals surface area contributed by atoms with Crippen LogP contribution >= 0.6 is 0 Å².